The van der Waals surface area contributed by atoms with Crippen LogP contribution in [-0.4, -0.2) is 30.4 Å². The van der Waals surface area contributed by atoms with Gasteiger partial charge in [0.05, 0.1) is 0 Å². The molecular weight excluding hydrogens is 132 g/mol. The number of rotatable bonds is 2. The van der Waals surface area contributed by atoms with E-state index < -0.39 is 0 Å². The number of amides is 2. The molecule has 1 radical (unpaired) electrons. The molecule has 1 fully saturated rings. The van der Waals surface area contributed by atoms with Crippen LogP contribution in [-0.2, 0) is 9.59 Å². The van der Waals surface area contributed by atoms with Crippen LogP contribution in [0.1, 0.15) is 12.8 Å². The third kappa shape index (κ3) is 1.26. The Morgan fingerprint density at radius 3 is 2.90 bits per heavy atom. The normalized spacial score (nSPS) is 24.1. The van der Waals surface area contributed by atoms with Crippen LogP contribution < -0.4 is 5.32 Å². The van der Waals surface area contributed by atoms with Crippen molar-refractivity contribution in [3.63, 3.8) is 0 Å². The first kappa shape index (κ1) is 7.05. The van der Waals surface area contributed by atoms with Crippen LogP contribution in [0.3, 0.4) is 0 Å². The van der Waals surface area contributed by atoms with Gasteiger partial charge in [-0.25, -0.2) is 0 Å². The average molecular weight is 141 g/mol. The highest BCUT2D eigenvalue weighted by atomic mass is 16.2. The number of carbonyl (C=O) groups excluding carboxylic acids is 2. The first-order valence-electron chi connectivity index (χ1n) is 3.14. The van der Waals surface area contributed by atoms with Gasteiger partial charge in [0.1, 0.15) is 6.17 Å². The van der Waals surface area contributed by atoms with Gasteiger partial charge in [-0.05, 0) is 6.42 Å². The van der Waals surface area contributed by atoms with Gasteiger partial charge in [-0.1, -0.05) is 0 Å². The molecule has 55 valence electrons. The lowest BCUT2D eigenvalue weighted by molar-refractivity contribution is -0.119. The van der Waals surface area contributed by atoms with Crippen LogP contribution >= 0.6 is 0 Å². The zero-order valence-electron chi connectivity index (χ0n) is 5.76. The van der Waals surface area contributed by atoms with E-state index in [0.29, 0.717) is 12.8 Å². The summed E-state index contributed by atoms with van der Waals surface area (Å²) in [7, 11) is 1.60. The van der Waals surface area contributed by atoms with E-state index in [0.717, 1.165) is 0 Å². The Hall–Kier alpha value is -1.06. The molecular formula is C6H9N2O2. The summed E-state index contributed by atoms with van der Waals surface area (Å²) in [6.07, 6.45) is 2.77. The Bertz CT molecular complexity index is 158. The molecule has 1 aliphatic rings. The highest BCUT2D eigenvalue weighted by molar-refractivity contribution is 5.78. The molecule has 1 aliphatic heterocycles. The molecule has 1 rings (SSSR count). The maximum absolute atomic E-state index is 10.6. The fourth-order valence-corrected chi connectivity index (χ4v) is 0.952. The van der Waals surface area contributed by atoms with Crippen molar-refractivity contribution in [2.24, 2.45) is 0 Å². The van der Waals surface area contributed by atoms with Gasteiger partial charge < -0.3 is 10.2 Å². The maximum atomic E-state index is 10.6. The molecule has 0 saturated carbocycles. The lowest BCUT2D eigenvalue weighted by atomic mass is 10.3. The number of hydrogen-bond acceptors (Lipinski definition) is 2. The van der Waals surface area contributed by atoms with Crippen molar-refractivity contribution < 1.29 is 9.59 Å². The van der Waals surface area contributed by atoms with E-state index in [2.05, 4.69) is 5.32 Å². The molecule has 4 heteroatoms. The van der Waals surface area contributed by atoms with E-state index in [4.69, 9.17) is 0 Å². The van der Waals surface area contributed by atoms with Gasteiger partial charge in [0.25, 0.3) is 0 Å². The monoisotopic (exact) mass is 141 g/mol. The van der Waals surface area contributed by atoms with Crippen molar-refractivity contribution >= 4 is 12.3 Å². The van der Waals surface area contributed by atoms with E-state index in [1.807, 2.05) is 0 Å². The van der Waals surface area contributed by atoms with Crippen LogP contribution in [0.2, 0.25) is 0 Å². The minimum absolute atomic E-state index is 0.00657. The summed E-state index contributed by atoms with van der Waals surface area (Å²) in [5.74, 6) is 0.00657. The Kier molecular flexibility index (Phi) is 1.89. The van der Waals surface area contributed by atoms with Crippen molar-refractivity contribution in [3.8, 4) is 0 Å². The third-order valence-corrected chi connectivity index (χ3v) is 1.58. The van der Waals surface area contributed by atoms with Crippen LogP contribution in [0.25, 0.3) is 0 Å². The van der Waals surface area contributed by atoms with Crippen molar-refractivity contribution in [2.75, 3.05) is 7.05 Å². The highest BCUT2D eigenvalue weighted by Gasteiger charge is 2.23. The highest BCUT2D eigenvalue weighted by Crippen LogP contribution is 2.07. The van der Waals surface area contributed by atoms with E-state index in [1.165, 1.54) is 4.90 Å². The first-order valence-corrected chi connectivity index (χ1v) is 3.14. The molecule has 10 heavy (non-hydrogen) atoms. The van der Waals surface area contributed by atoms with Crippen LogP contribution in [0.15, 0.2) is 0 Å². The van der Waals surface area contributed by atoms with Gasteiger partial charge in [-0.2, -0.15) is 0 Å². The van der Waals surface area contributed by atoms with Crippen molar-refractivity contribution in [2.45, 2.75) is 19.0 Å². The Labute approximate surface area is 59.2 Å². The molecule has 1 saturated heterocycles. The van der Waals surface area contributed by atoms with Crippen LogP contribution in [0.4, 0.5) is 0 Å². The second-order valence-electron chi connectivity index (χ2n) is 2.32. The summed E-state index contributed by atoms with van der Waals surface area (Å²) in [5.41, 5.74) is 0. The topological polar surface area (TPSA) is 49.4 Å². The molecule has 0 bridgehead atoms. The number of carbonyl (C=O) groups is 1. The number of nitrogens with zero attached hydrogens (tertiary/aromatic N) is 1. The molecule has 4 nitrogen and oxygen atoms in total. The smallest absolute Gasteiger partial charge is 0.313 e. The third-order valence-electron chi connectivity index (χ3n) is 1.58. The zero-order valence-corrected chi connectivity index (χ0v) is 5.76. The predicted molar refractivity (Wildman–Crippen MR) is 34.6 cm³/mol. The second-order valence-corrected chi connectivity index (χ2v) is 2.32. The molecule has 1 heterocycles. The van der Waals surface area contributed by atoms with Crippen molar-refractivity contribution in [1.82, 2.24) is 10.2 Å². The SMILES string of the molecule is CN([C]=O)C1CCC(=O)N1. The Morgan fingerprint density at radius 2 is 2.50 bits per heavy atom. The summed E-state index contributed by atoms with van der Waals surface area (Å²) < 4.78 is 0. The predicted octanol–water partition coefficient (Wildman–Crippen LogP) is -0.779. The summed E-state index contributed by atoms with van der Waals surface area (Å²) in [6.45, 7) is 0. The van der Waals surface area contributed by atoms with Crippen molar-refractivity contribution in [3.05, 3.63) is 0 Å². The molecule has 1 N–H and O–H groups in total. The number of hydrogen-bond donors (Lipinski definition) is 1. The minimum atomic E-state index is -0.134. The average Bonchev–Trinajstić information content (AvgIpc) is 2.34. The van der Waals surface area contributed by atoms with Crippen molar-refractivity contribution in [1.29, 1.82) is 0 Å². The van der Waals surface area contributed by atoms with E-state index >= 15 is 0 Å². The largest absolute Gasteiger partial charge is 0.336 e. The lowest BCUT2D eigenvalue weighted by Gasteiger charge is -2.17. The molecule has 0 aromatic rings. The lowest BCUT2D eigenvalue weighted by Crippen LogP contribution is -2.39. The standard InChI is InChI=1S/C6H9N2O2/c1-8(4-9)5-2-3-6(10)7-5/h5H,2-3H2,1H3,(H,7,10). The maximum Gasteiger partial charge on any atom is 0.313 e. The quantitative estimate of drug-likeness (QED) is 0.513. The summed E-state index contributed by atoms with van der Waals surface area (Å²) in [6, 6.07) is 0. The summed E-state index contributed by atoms with van der Waals surface area (Å²) in [4.78, 5) is 22.0. The van der Waals surface area contributed by atoms with E-state index in [1.54, 1.807) is 13.5 Å². The van der Waals surface area contributed by atoms with E-state index in [9.17, 15) is 9.59 Å². The molecule has 1 atom stereocenters. The van der Waals surface area contributed by atoms with Gasteiger partial charge in [0.2, 0.25) is 5.91 Å². The zero-order chi connectivity index (χ0) is 7.56. The summed E-state index contributed by atoms with van der Waals surface area (Å²) >= 11 is 0. The van der Waals surface area contributed by atoms with Gasteiger partial charge in [0.15, 0.2) is 0 Å². The van der Waals surface area contributed by atoms with E-state index in [-0.39, 0.29) is 12.1 Å². The second kappa shape index (κ2) is 2.68. The fraction of sp³-hybridized carbons (Fsp3) is 0.667. The molecule has 0 aliphatic carbocycles. The molecule has 0 spiro atoms. The van der Waals surface area contributed by atoms with Gasteiger partial charge in [0, 0.05) is 13.5 Å². The van der Waals surface area contributed by atoms with Gasteiger partial charge >= 0.3 is 6.41 Å². The van der Waals surface area contributed by atoms with Crippen LogP contribution in [0, 0.1) is 0 Å². The number of nitrogens with one attached hydrogen (secondary N) is 1. The molecule has 0 aromatic carbocycles. The Balaban J connectivity index is 2.43. The first-order chi connectivity index (χ1) is 4.74. The van der Waals surface area contributed by atoms with Gasteiger partial charge in [-0.3, -0.25) is 9.59 Å². The molecule has 2 amide bonds. The fourth-order valence-electron chi connectivity index (χ4n) is 0.952. The van der Waals surface area contributed by atoms with Gasteiger partial charge in [-0.15, -0.1) is 0 Å². The van der Waals surface area contributed by atoms with Crippen LogP contribution in [0.5, 0.6) is 0 Å². The summed E-state index contributed by atoms with van der Waals surface area (Å²) in [5, 5.41) is 2.63. The molecule has 1 unspecified atom stereocenters. The minimum Gasteiger partial charge on any atom is -0.336 e. The molecule has 0 aromatic heterocycles. The Morgan fingerprint density at radius 1 is 1.80 bits per heavy atom.